The molecule has 0 fully saturated rings. The van der Waals surface area contributed by atoms with Crippen LogP contribution in [0.1, 0.15) is 5.56 Å². The van der Waals surface area contributed by atoms with Crippen molar-refractivity contribution >= 4 is 31.0 Å². The van der Waals surface area contributed by atoms with E-state index in [4.69, 9.17) is 9.11 Å². The fraction of sp³-hybridized carbons (Fsp3) is 0.0909. The Hall–Kier alpha value is -1.88. The topological polar surface area (TPSA) is 149 Å². The molecular formula is C11H10O8S2. The predicted molar refractivity (Wildman–Crippen MR) is 71.6 cm³/mol. The first-order chi connectivity index (χ1) is 9.44. The van der Waals surface area contributed by atoms with Crippen molar-refractivity contribution in [3.05, 3.63) is 23.8 Å². The monoisotopic (exact) mass is 334 g/mol. The van der Waals surface area contributed by atoms with E-state index in [0.29, 0.717) is 6.07 Å². The summed E-state index contributed by atoms with van der Waals surface area (Å²) in [6.07, 6.45) is 0. The zero-order valence-electron chi connectivity index (χ0n) is 10.5. The average molecular weight is 334 g/mol. The first kappa shape index (κ1) is 15.5. The normalized spacial score (nSPS) is 12.7. The lowest BCUT2D eigenvalue weighted by Crippen LogP contribution is -2.05. The Morgan fingerprint density at radius 3 is 1.86 bits per heavy atom. The van der Waals surface area contributed by atoms with Crippen LogP contribution in [0, 0.1) is 6.92 Å². The van der Waals surface area contributed by atoms with Crippen molar-refractivity contribution < 1.29 is 36.2 Å². The number of phenols is 2. The van der Waals surface area contributed by atoms with Crippen LogP contribution >= 0.6 is 0 Å². The number of benzene rings is 2. The highest BCUT2D eigenvalue weighted by Gasteiger charge is 2.27. The summed E-state index contributed by atoms with van der Waals surface area (Å²) in [6.45, 7) is 1.43. The number of fused-ring (bicyclic) bond motifs is 1. The van der Waals surface area contributed by atoms with Gasteiger partial charge in [-0.25, -0.2) is 0 Å². The second kappa shape index (κ2) is 4.56. The molecule has 0 spiro atoms. The molecule has 8 nitrogen and oxygen atoms in total. The number of hydrogen-bond acceptors (Lipinski definition) is 6. The standard InChI is InChI=1S/C11H10O8S2/c1-5-2-3-6-7(20(14,15)16)4-8(21(17,18)19)11(13)9(6)10(5)12/h2-4,12-13H,1H3,(H,14,15,16)(H,17,18,19). The number of aromatic hydroxyl groups is 2. The molecule has 0 heterocycles. The molecule has 4 N–H and O–H groups in total. The minimum atomic E-state index is -4.97. The molecule has 0 radical (unpaired) electrons. The molecule has 0 amide bonds. The van der Waals surface area contributed by atoms with Crippen molar-refractivity contribution in [2.45, 2.75) is 16.7 Å². The smallest absolute Gasteiger partial charge is 0.298 e. The third-order valence-electron chi connectivity index (χ3n) is 2.93. The Morgan fingerprint density at radius 1 is 0.857 bits per heavy atom. The van der Waals surface area contributed by atoms with Gasteiger partial charge < -0.3 is 10.2 Å². The molecule has 10 heteroatoms. The Balaban J connectivity index is 3.21. The molecule has 21 heavy (non-hydrogen) atoms. The van der Waals surface area contributed by atoms with Crippen molar-refractivity contribution in [1.82, 2.24) is 0 Å². The lowest BCUT2D eigenvalue weighted by molar-refractivity contribution is 0.441. The summed E-state index contributed by atoms with van der Waals surface area (Å²) in [5.41, 5.74) is 0.228. The summed E-state index contributed by atoms with van der Waals surface area (Å²) in [7, 11) is -9.83. The second-order valence-corrected chi connectivity index (χ2v) is 7.11. The lowest BCUT2D eigenvalue weighted by atomic mass is 10.1. The van der Waals surface area contributed by atoms with Crippen molar-refractivity contribution in [3.63, 3.8) is 0 Å². The van der Waals surface area contributed by atoms with Crippen LogP contribution in [-0.4, -0.2) is 36.2 Å². The lowest BCUT2D eigenvalue weighted by Gasteiger charge is -2.12. The van der Waals surface area contributed by atoms with Gasteiger partial charge in [-0.2, -0.15) is 16.8 Å². The van der Waals surface area contributed by atoms with E-state index < -0.39 is 46.9 Å². The Kier molecular flexibility index (Phi) is 3.37. The summed E-state index contributed by atoms with van der Waals surface area (Å²) >= 11 is 0. The first-order valence-corrected chi connectivity index (χ1v) is 8.26. The largest absolute Gasteiger partial charge is 0.507 e. The van der Waals surface area contributed by atoms with E-state index >= 15 is 0 Å². The SMILES string of the molecule is Cc1ccc2c(S(=O)(=O)O)cc(S(=O)(=O)O)c(O)c2c1O. The van der Waals surface area contributed by atoms with E-state index in [1.54, 1.807) is 0 Å². The molecule has 0 aromatic heterocycles. The van der Waals surface area contributed by atoms with Crippen LogP contribution in [-0.2, 0) is 20.2 Å². The number of phenolic OH excluding ortho intramolecular Hbond substituents is 2. The molecule has 0 aliphatic heterocycles. The van der Waals surface area contributed by atoms with Crippen LogP contribution in [0.3, 0.4) is 0 Å². The summed E-state index contributed by atoms with van der Waals surface area (Å²) < 4.78 is 63.3. The van der Waals surface area contributed by atoms with Crippen LogP contribution in [0.15, 0.2) is 28.0 Å². The van der Waals surface area contributed by atoms with Gasteiger partial charge in [0, 0.05) is 5.39 Å². The maximum atomic E-state index is 11.3. The van der Waals surface area contributed by atoms with E-state index in [-0.39, 0.29) is 10.9 Å². The molecule has 2 aromatic rings. The molecular weight excluding hydrogens is 324 g/mol. The van der Waals surface area contributed by atoms with Gasteiger partial charge in [0.15, 0.2) is 0 Å². The highest BCUT2D eigenvalue weighted by molar-refractivity contribution is 7.86. The zero-order chi connectivity index (χ0) is 16.2. The molecule has 0 aliphatic carbocycles. The highest BCUT2D eigenvalue weighted by Crippen LogP contribution is 2.42. The molecule has 0 saturated carbocycles. The van der Waals surface area contributed by atoms with E-state index in [9.17, 15) is 27.0 Å². The van der Waals surface area contributed by atoms with Gasteiger partial charge in [-0.1, -0.05) is 12.1 Å². The van der Waals surface area contributed by atoms with E-state index in [2.05, 4.69) is 0 Å². The Labute approximate surface area is 119 Å². The maximum Gasteiger partial charge on any atom is 0.298 e. The summed E-state index contributed by atoms with van der Waals surface area (Å²) in [6, 6.07) is 2.91. The third-order valence-corrected chi connectivity index (χ3v) is 4.69. The van der Waals surface area contributed by atoms with Gasteiger partial charge in [-0.15, -0.1) is 0 Å². The number of rotatable bonds is 2. The van der Waals surface area contributed by atoms with Crippen LogP contribution in [0.25, 0.3) is 10.8 Å². The van der Waals surface area contributed by atoms with Crippen LogP contribution < -0.4 is 0 Å². The van der Waals surface area contributed by atoms with Gasteiger partial charge in [0.1, 0.15) is 21.3 Å². The summed E-state index contributed by atoms with van der Waals surface area (Å²) in [5.74, 6) is -1.58. The quantitative estimate of drug-likeness (QED) is 0.595. The van der Waals surface area contributed by atoms with E-state index in [0.717, 1.165) is 0 Å². The van der Waals surface area contributed by atoms with E-state index in [1.807, 2.05) is 0 Å². The van der Waals surface area contributed by atoms with Gasteiger partial charge >= 0.3 is 0 Å². The average Bonchev–Trinajstić information content (AvgIpc) is 2.30. The Morgan fingerprint density at radius 2 is 1.38 bits per heavy atom. The van der Waals surface area contributed by atoms with Gasteiger partial charge in [-0.05, 0) is 18.6 Å². The minimum absolute atomic E-state index is 0.228. The first-order valence-electron chi connectivity index (χ1n) is 5.38. The fourth-order valence-electron chi connectivity index (χ4n) is 1.94. The van der Waals surface area contributed by atoms with Crippen LogP contribution in [0.4, 0.5) is 0 Å². The minimum Gasteiger partial charge on any atom is -0.507 e. The van der Waals surface area contributed by atoms with Gasteiger partial charge in [0.05, 0.1) is 5.39 Å². The predicted octanol–water partition coefficient (Wildman–Crippen LogP) is 1.05. The molecule has 2 rings (SSSR count). The molecule has 0 bridgehead atoms. The van der Waals surface area contributed by atoms with Crippen molar-refractivity contribution in [3.8, 4) is 11.5 Å². The van der Waals surface area contributed by atoms with E-state index in [1.165, 1.54) is 19.1 Å². The van der Waals surface area contributed by atoms with Gasteiger partial charge in [0.2, 0.25) is 0 Å². The molecule has 0 saturated heterocycles. The number of hydrogen-bond donors (Lipinski definition) is 4. The van der Waals surface area contributed by atoms with Gasteiger partial charge in [0.25, 0.3) is 20.2 Å². The fourth-order valence-corrected chi connectivity index (χ4v) is 3.34. The summed E-state index contributed by atoms with van der Waals surface area (Å²) in [5, 5.41) is 19.0. The van der Waals surface area contributed by atoms with Crippen LogP contribution in [0.2, 0.25) is 0 Å². The van der Waals surface area contributed by atoms with Crippen molar-refractivity contribution in [1.29, 1.82) is 0 Å². The van der Waals surface area contributed by atoms with Crippen molar-refractivity contribution in [2.24, 2.45) is 0 Å². The zero-order valence-corrected chi connectivity index (χ0v) is 12.1. The molecule has 0 unspecified atom stereocenters. The maximum absolute atomic E-state index is 11.3. The van der Waals surface area contributed by atoms with Crippen LogP contribution in [0.5, 0.6) is 11.5 Å². The molecule has 2 aromatic carbocycles. The third kappa shape index (κ3) is 2.53. The highest BCUT2D eigenvalue weighted by atomic mass is 32.2. The summed E-state index contributed by atoms with van der Waals surface area (Å²) in [4.78, 5) is -2.00. The van der Waals surface area contributed by atoms with Crippen molar-refractivity contribution in [2.75, 3.05) is 0 Å². The molecule has 114 valence electrons. The molecule has 0 atom stereocenters. The van der Waals surface area contributed by atoms with Gasteiger partial charge in [-0.3, -0.25) is 9.11 Å². The molecule has 0 aliphatic rings. The second-order valence-electron chi connectivity index (χ2n) is 4.33. The Bertz CT molecular complexity index is 958. The number of aryl methyl sites for hydroxylation is 1.